The fourth-order valence-electron chi connectivity index (χ4n) is 0.443. The van der Waals surface area contributed by atoms with Gasteiger partial charge in [0.15, 0.2) is 5.69 Å². The molecule has 0 aliphatic heterocycles. The van der Waals surface area contributed by atoms with Gasteiger partial charge in [-0.1, -0.05) is 0 Å². The fourth-order valence-corrected chi connectivity index (χ4v) is 0.749. The van der Waals surface area contributed by atoms with Gasteiger partial charge < -0.3 is 0 Å². The van der Waals surface area contributed by atoms with E-state index in [1.54, 1.807) is 0 Å². The Morgan fingerprint density at radius 1 is 1.50 bits per heavy atom. The molecule has 56 valence electrons. The van der Waals surface area contributed by atoms with Crippen molar-refractivity contribution in [1.82, 2.24) is 10.2 Å². The van der Waals surface area contributed by atoms with Gasteiger partial charge in [0, 0.05) is 6.07 Å². The lowest BCUT2D eigenvalue weighted by Gasteiger charge is -1.98. The number of H-pyrrole nitrogens is 1. The van der Waals surface area contributed by atoms with Crippen LogP contribution in [0.1, 0.15) is 5.69 Å². The van der Waals surface area contributed by atoms with Gasteiger partial charge in [-0.25, -0.2) is 0 Å². The van der Waals surface area contributed by atoms with Crippen molar-refractivity contribution in [3.63, 3.8) is 0 Å². The molecule has 0 fully saturated rings. The van der Waals surface area contributed by atoms with E-state index in [1.807, 2.05) is 0 Å². The molecule has 0 spiro atoms. The van der Waals surface area contributed by atoms with Crippen LogP contribution in [0.25, 0.3) is 0 Å². The summed E-state index contributed by atoms with van der Waals surface area (Å²) in [6.07, 6.45) is -4.36. The molecule has 6 heteroatoms. The van der Waals surface area contributed by atoms with Crippen LogP contribution in [-0.4, -0.2) is 10.2 Å². The smallest absolute Gasteiger partial charge is 0.271 e. The normalized spacial score (nSPS) is 12.0. The minimum absolute atomic E-state index is 0.222. The second-order valence-electron chi connectivity index (χ2n) is 1.60. The summed E-state index contributed by atoms with van der Waals surface area (Å²) in [5.74, 6) is 0. The summed E-state index contributed by atoms with van der Waals surface area (Å²) in [5, 5.41) is 5.11. The molecule has 0 aliphatic rings. The van der Waals surface area contributed by atoms with Crippen LogP contribution in [0.5, 0.6) is 0 Å². The summed E-state index contributed by atoms with van der Waals surface area (Å²) in [5.41, 5.74) is -0.917. The Labute approximate surface area is 62.6 Å². The standard InChI is InChI=1S/C4H2BrF3N2/c5-3-1-2(9-10-3)4(6,7)8/h1H,(H,9,10). The average Bonchev–Trinajstić information content (AvgIpc) is 2.11. The van der Waals surface area contributed by atoms with Gasteiger partial charge in [-0.15, -0.1) is 0 Å². The van der Waals surface area contributed by atoms with Gasteiger partial charge in [0.05, 0.1) is 0 Å². The van der Waals surface area contributed by atoms with Crippen molar-refractivity contribution in [3.8, 4) is 0 Å². The minimum Gasteiger partial charge on any atom is -0.271 e. The molecule has 0 unspecified atom stereocenters. The van der Waals surface area contributed by atoms with Crippen LogP contribution in [0.2, 0.25) is 0 Å². The Morgan fingerprint density at radius 3 is 2.30 bits per heavy atom. The molecule has 0 aromatic carbocycles. The Hall–Kier alpha value is -0.520. The van der Waals surface area contributed by atoms with Crippen LogP contribution in [0.3, 0.4) is 0 Å². The molecule has 0 aliphatic carbocycles. The highest BCUT2D eigenvalue weighted by molar-refractivity contribution is 9.10. The highest BCUT2D eigenvalue weighted by atomic mass is 79.9. The monoisotopic (exact) mass is 214 g/mol. The first kappa shape index (κ1) is 7.59. The summed E-state index contributed by atoms with van der Waals surface area (Å²) in [6, 6.07) is 0.875. The van der Waals surface area contributed by atoms with E-state index >= 15 is 0 Å². The number of alkyl halides is 3. The molecule has 0 saturated heterocycles. The van der Waals surface area contributed by atoms with E-state index in [4.69, 9.17) is 0 Å². The van der Waals surface area contributed by atoms with Crippen molar-refractivity contribution in [2.75, 3.05) is 0 Å². The second kappa shape index (κ2) is 2.26. The van der Waals surface area contributed by atoms with Gasteiger partial charge in [0.25, 0.3) is 0 Å². The topological polar surface area (TPSA) is 28.7 Å². The number of aromatic nitrogens is 2. The Balaban J connectivity index is 2.96. The van der Waals surface area contributed by atoms with Crippen LogP contribution < -0.4 is 0 Å². The van der Waals surface area contributed by atoms with E-state index in [9.17, 15) is 13.2 Å². The number of halogens is 4. The quantitative estimate of drug-likeness (QED) is 0.705. The van der Waals surface area contributed by atoms with Gasteiger partial charge >= 0.3 is 6.18 Å². The van der Waals surface area contributed by atoms with Crippen molar-refractivity contribution in [2.45, 2.75) is 6.18 Å². The highest BCUT2D eigenvalue weighted by Crippen LogP contribution is 2.28. The van der Waals surface area contributed by atoms with E-state index in [1.165, 1.54) is 0 Å². The predicted octanol–water partition coefficient (Wildman–Crippen LogP) is 2.19. The maximum absolute atomic E-state index is 11.7. The molecule has 1 aromatic rings. The SMILES string of the molecule is FC(F)(F)c1cc(Br)[nH]n1. The molecule has 10 heavy (non-hydrogen) atoms. The largest absolute Gasteiger partial charge is 0.435 e. The summed E-state index contributed by atoms with van der Waals surface area (Å²) >= 11 is 2.81. The van der Waals surface area contributed by atoms with Gasteiger partial charge in [-0.05, 0) is 15.9 Å². The predicted molar refractivity (Wildman–Crippen MR) is 31.3 cm³/mol. The zero-order valence-electron chi connectivity index (χ0n) is 4.54. The van der Waals surface area contributed by atoms with Gasteiger partial charge in [0.2, 0.25) is 0 Å². The van der Waals surface area contributed by atoms with E-state index in [0.29, 0.717) is 0 Å². The number of nitrogens with one attached hydrogen (secondary N) is 1. The molecule has 2 nitrogen and oxygen atoms in total. The van der Waals surface area contributed by atoms with Crippen molar-refractivity contribution >= 4 is 15.9 Å². The molecule has 0 atom stereocenters. The molecule has 1 aromatic heterocycles. The fraction of sp³-hybridized carbons (Fsp3) is 0.250. The van der Waals surface area contributed by atoms with Crippen LogP contribution in [0.15, 0.2) is 10.7 Å². The van der Waals surface area contributed by atoms with Crippen LogP contribution in [-0.2, 0) is 6.18 Å². The van der Waals surface area contributed by atoms with Crippen molar-refractivity contribution < 1.29 is 13.2 Å². The number of hydrogen-bond acceptors (Lipinski definition) is 1. The first-order valence-corrected chi connectivity index (χ1v) is 3.07. The molecule has 0 bridgehead atoms. The summed E-state index contributed by atoms with van der Waals surface area (Å²) in [4.78, 5) is 0. The third kappa shape index (κ3) is 1.50. The molecule has 0 radical (unpaired) electrons. The Kier molecular flexibility index (Phi) is 1.72. The van der Waals surface area contributed by atoms with Crippen molar-refractivity contribution in [2.24, 2.45) is 0 Å². The van der Waals surface area contributed by atoms with E-state index < -0.39 is 11.9 Å². The van der Waals surface area contributed by atoms with Crippen molar-refractivity contribution in [3.05, 3.63) is 16.4 Å². The first-order valence-electron chi connectivity index (χ1n) is 2.28. The Bertz CT molecular complexity index is 229. The second-order valence-corrected chi connectivity index (χ2v) is 2.45. The number of aromatic amines is 1. The van der Waals surface area contributed by atoms with E-state index in [0.717, 1.165) is 6.07 Å². The summed E-state index contributed by atoms with van der Waals surface area (Å²) < 4.78 is 35.3. The zero-order valence-corrected chi connectivity index (χ0v) is 6.12. The van der Waals surface area contributed by atoms with Crippen LogP contribution in [0, 0.1) is 0 Å². The lowest BCUT2D eigenvalue weighted by Crippen LogP contribution is -2.04. The summed E-state index contributed by atoms with van der Waals surface area (Å²) in [7, 11) is 0. The zero-order chi connectivity index (χ0) is 7.78. The van der Waals surface area contributed by atoms with Gasteiger partial charge in [-0.2, -0.15) is 18.3 Å². The molecular formula is C4H2BrF3N2. The minimum atomic E-state index is -4.36. The first-order chi connectivity index (χ1) is 4.50. The number of nitrogens with zero attached hydrogens (tertiary/aromatic N) is 1. The number of rotatable bonds is 0. The maximum atomic E-state index is 11.7. The molecule has 1 N–H and O–H groups in total. The lowest BCUT2D eigenvalue weighted by molar-refractivity contribution is -0.141. The number of hydrogen-bond donors (Lipinski definition) is 1. The lowest BCUT2D eigenvalue weighted by atomic mass is 10.4. The maximum Gasteiger partial charge on any atom is 0.435 e. The summed E-state index contributed by atoms with van der Waals surface area (Å²) in [6.45, 7) is 0. The Morgan fingerprint density at radius 2 is 2.10 bits per heavy atom. The van der Waals surface area contributed by atoms with E-state index in [2.05, 4.69) is 26.1 Å². The third-order valence-corrected chi connectivity index (χ3v) is 1.24. The van der Waals surface area contributed by atoms with Gasteiger partial charge in [0.1, 0.15) is 4.60 Å². The molecular weight excluding hydrogens is 213 g/mol. The highest BCUT2D eigenvalue weighted by Gasteiger charge is 2.33. The molecule has 1 rings (SSSR count). The average molecular weight is 215 g/mol. The third-order valence-electron chi connectivity index (χ3n) is 0.837. The van der Waals surface area contributed by atoms with Crippen LogP contribution in [0.4, 0.5) is 13.2 Å². The molecule has 0 saturated carbocycles. The van der Waals surface area contributed by atoms with E-state index in [-0.39, 0.29) is 4.60 Å². The molecule has 1 heterocycles. The van der Waals surface area contributed by atoms with Crippen molar-refractivity contribution in [1.29, 1.82) is 0 Å². The molecule has 0 amide bonds. The van der Waals surface area contributed by atoms with Crippen LogP contribution >= 0.6 is 15.9 Å². The van der Waals surface area contributed by atoms with Gasteiger partial charge in [-0.3, -0.25) is 5.10 Å².